The molecule has 2 rings (SSSR count). The molecule has 82 valence electrons. The third kappa shape index (κ3) is 1.81. The Balaban J connectivity index is 1.97. The monoisotopic (exact) mass is 198 g/mol. The van der Waals surface area contributed by atoms with Crippen molar-refractivity contribution in [2.24, 2.45) is 0 Å². The molecular formula is C11H22N2O. The van der Waals surface area contributed by atoms with Crippen molar-refractivity contribution in [3.05, 3.63) is 0 Å². The Labute approximate surface area is 86.5 Å². The Bertz CT molecular complexity index is 193. The largest absolute Gasteiger partial charge is 0.390 e. The van der Waals surface area contributed by atoms with Crippen molar-refractivity contribution >= 4 is 0 Å². The maximum Gasteiger partial charge on any atom is 0.0689 e. The Hall–Kier alpha value is -0.120. The Morgan fingerprint density at radius 1 is 1.36 bits per heavy atom. The first-order valence-corrected chi connectivity index (χ1v) is 5.73. The summed E-state index contributed by atoms with van der Waals surface area (Å²) in [6.07, 6.45) is 5.42. The molecule has 2 unspecified atom stereocenters. The summed E-state index contributed by atoms with van der Waals surface area (Å²) in [5.41, 5.74) is -0.388. The molecule has 2 N–H and O–H groups in total. The maximum atomic E-state index is 10.4. The minimum Gasteiger partial charge on any atom is -0.390 e. The third-order valence-electron chi connectivity index (χ3n) is 4.06. The molecule has 0 spiro atoms. The molecule has 3 heteroatoms. The molecule has 2 atom stereocenters. The van der Waals surface area contributed by atoms with Crippen LogP contribution in [-0.2, 0) is 0 Å². The van der Waals surface area contributed by atoms with E-state index in [1.54, 1.807) is 0 Å². The van der Waals surface area contributed by atoms with Gasteiger partial charge in [-0.05, 0) is 52.7 Å². The second-order valence-corrected chi connectivity index (χ2v) is 5.04. The quantitative estimate of drug-likeness (QED) is 0.696. The Kier molecular flexibility index (Phi) is 2.82. The molecule has 0 aromatic rings. The van der Waals surface area contributed by atoms with Gasteiger partial charge in [0.25, 0.3) is 0 Å². The summed E-state index contributed by atoms with van der Waals surface area (Å²) in [6, 6.07) is 1.27. The zero-order valence-corrected chi connectivity index (χ0v) is 9.29. The number of rotatable bonds is 3. The molecule has 0 aliphatic carbocycles. The van der Waals surface area contributed by atoms with Crippen molar-refractivity contribution in [2.45, 2.75) is 49.8 Å². The summed E-state index contributed by atoms with van der Waals surface area (Å²) in [7, 11) is 4.16. The molecule has 14 heavy (non-hydrogen) atoms. The number of fused-ring (bicyclic) bond motifs is 2. The average molecular weight is 198 g/mol. The lowest BCUT2D eigenvalue weighted by molar-refractivity contribution is -0.0491. The molecule has 0 aromatic carbocycles. The smallest absolute Gasteiger partial charge is 0.0689 e. The van der Waals surface area contributed by atoms with Crippen LogP contribution in [0.1, 0.15) is 32.1 Å². The van der Waals surface area contributed by atoms with Crippen LogP contribution in [0.25, 0.3) is 0 Å². The van der Waals surface area contributed by atoms with E-state index in [-0.39, 0.29) is 5.60 Å². The highest BCUT2D eigenvalue weighted by Crippen LogP contribution is 2.40. The normalized spacial score (nSPS) is 43.1. The van der Waals surface area contributed by atoms with Gasteiger partial charge in [0.15, 0.2) is 0 Å². The summed E-state index contributed by atoms with van der Waals surface area (Å²) in [5, 5.41) is 13.6. The fraction of sp³-hybridized carbons (Fsp3) is 1.00. The van der Waals surface area contributed by atoms with Crippen molar-refractivity contribution in [2.75, 3.05) is 20.6 Å². The van der Waals surface area contributed by atoms with Crippen LogP contribution in [0.4, 0.5) is 0 Å². The number of hydrogen-bond donors (Lipinski definition) is 2. The van der Waals surface area contributed by atoms with Crippen molar-refractivity contribution in [3.8, 4) is 0 Å². The van der Waals surface area contributed by atoms with Crippen molar-refractivity contribution < 1.29 is 5.11 Å². The van der Waals surface area contributed by atoms with Gasteiger partial charge < -0.3 is 15.3 Å². The van der Waals surface area contributed by atoms with Crippen LogP contribution in [0.2, 0.25) is 0 Å². The summed E-state index contributed by atoms with van der Waals surface area (Å²) < 4.78 is 0. The van der Waals surface area contributed by atoms with Gasteiger partial charge in [-0.15, -0.1) is 0 Å². The lowest BCUT2D eigenvalue weighted by Gasteiger charge is -2.42. The van der Waals surface area contributed by atoms with Gasteiger partial charge in [0.2, 0.25) is 0 Å². The number of nitrogens with one attached hydrogen (secondary N) is 1. The number of hydrogen-bond acceptors (Lipinski definition) is 3. The van der Waals surface area contributed by atoms with E-state index in [9.17, 15) is 5.11 Å². The molecule has 2 aliphatic rings. The second-order valence-electron chi connectivity index (χ2n) is 5.04. The highest BCUT2D eigenvalue weighted by Gasteiger charge is 2.45. The van der Waals surface area contributed by atoms with Crippen LogP contribution in [-0.4, -0.2) is 48.3 Å². The van der Waals surface area contributed by atoms with E-state index in [0.717, 1.165) is 25.8 Å². The number of nitrogens with zero attached hydrogens (tertiary/aromatic N) is 1. The molecule has 2 heterocycles. The fourth-order valence-corrected chi connectivity index (χ4v) is 3.10. The molecular weight excluding hydrogens is 176 g/mol. The zero-order chi connectivity index (χ0) is 10.2. The van der Waals surface area contributed by atoms with Gasteiger partial charge in [0.1, 0.15) is 0 Å². The molecule has 2 saturated heterocycles. The predicted molar refractivity (Wildman–Crippen MR) is 57.3 cm³/mol. The van der Waals surface area contributed by atoms with Gasteiger partial charge in [0.05, 0.1) is 5.60 Å². The molecule has 0 amide bonds. The van der Waals surface area contributed by atoms with Gasteiger partial charge in [-0.25, -0.2) is 0 Å². The number of aliphatic hydroxyl groups is 1. The van der Waals surface area contributed by atoms with Crippen LogP contribution in [0, 0.1) is 0 Å². The van der Waals surface area contributed by atoms with Gasteiger partial charge >= 0.3 is 0 Å². The van der Waals surface area contributed by atoms with Gasteiger partial charge in [-0.3, -0.25) is 0 Å². The summed E-state index contributed by atoms with van der Waals surface area (Å²) in [6.45, 7) is 0.930. The highest BCUT2D eigenvalue weighted by molar-refractivity contribution is 5.00. The van der Waals surface area contributed by atoms with E-state index in [4.69, 9.17) is 0 Å². The van der Waals surface area contributed by atoms with Crippen LogP contribution in [0.15, 0.2) is 0 Å². The first-order valence-electron chi connectivity index (χ1n) is 5.73. The zero-order valence-electron chi connectivity index (χ0n) is 9.29. The third-order valence-corrected chi connectivity index (χ3v) is 4.06. The molecule has 2 fully saturated rings. The Morgan fingerprint density at radius 3 is 2.43 bits per heavy atom. The first kappa shape index (κ1) is 10.4. The molecule has 2 bridgehead atoms. The average Bonchev–Trinajstić information content (AvgIpc) is 2.41. The lowest BCUT2D eigenvalue weighted by Crippen LogP contribution is -2.50. The van der Waals surface area contributed by atoms with Crippen LogP contribution < -0.4 is 5.32 Å². The first-order chi connectivity index (χ1) is 6.64. The van der Waals surface area contributed by atoms with E-state index in [2.05, 4.69) is 17.3 Å². The van der Waals surface area contributed by atoms with E-state index in [0.29, 0.717) is 12.1 Å². The standard InChI is InChI=1S/C11H22N2O/c1-12-6-5-11(14)7-9-3-4-10(8-11)13(9)2/h9-10,12,14H,3-8H2,1-2H3. The van der Waals surface area contributed by atoms with E-state index in [1.165, 1.54) is 12.8 Å². The predicted octanol–water partition coefficient (Wildman–Crippen LogP) is 0.584. The SMILES string of the molecule is CNCCC1(O)CC2CCC(C1)N2C. The van der Waals surface area contributed by atoms with Crippen LogP contribution in [0.5, 0.6) is 0 Å². The minimum atomic E-state index is -0.388. The Morgan fingerprint density at radius 2 is 1.93 bits per heavy atom. The maximum absolute atomic E-state index is 10.4. The summed E-state index contributed by atoms with van der Waals surface area (Å²) >= 11 is 0. The molecule has 0 radical (unpaired) electrons. The minimum absolute atomic E-state index is 0.388. The molecule has 0 aromatic heterocycles. The van der Waals surface area contributed by atoms with Gasteiger partial charge in [-0.1, -0.05) is 0 Å². The molecule has 3 nitrogen and oxygen atoms in total. The topological polar surface area (TPSA) is 35.5 Å². The highest BCUT2D eigenvalue weighted by atomic mass is 16.3. The summed E-state index contributed by atoms with van der Waals surface area (Å²) in [4.78, 5) is 2.47. The van der Waals surface area contributed by atoms with E-state index in [1.807, 2.05) is 7.05 Å². The number of piperidine rings is 1. The molecule has 0 saturated carbocycles. The van der Waals surface area contributed by atoms with Gasteiger partial charge in [0, 0.05) is 12.1 Å². The van der Waals surface area contributed by atoms with E-state index < -0.39 is 0 Å². The van der Waals surface area contributed by atoms with Crippen molar-refractivity contribution in [1.82, 2.24) is 10.2 Å². The van der Waals surface area contributed by atoms with Gasteiger partial charge in [-0.2, -0.15) is 0 Å². The van der Waals surface area contributed by atoms with Crippen LogP contribution in [0.3, 0.4) is 0 Å². The van der Waals surface area contributed by atoms with Crippen molar-refractivity contribution in [1.29, 1.82) is 0 Å². The second kappa shape index (κ2) is 3.80. The fourth-order valence-electron chi connectivity index (χ4n) is 3.10. The lowest BCUT2D eigenvalue weighted by atomic mass is 9.84. The van der Waals surface area contributed by atoms with Crippen LogP contribution >= 0.6 is 0 Å². The summed E-state index contributed by atoms with van der Waals surface area (Å²) in [5.74, 6) is 0. The van der Waals surface area contributed by atoms with E-state index >= 15 is 0 Å². The van der Waals surface area contributed by atoms with Crippen molar-refractivity contribution in [3.63, 3.8) is 0 Å². The molecule has 2 aliphatic heterocycles.